The Bertz CT molecular complexity index is 469. The number of hydrogen-bond donors (Lipinski definition) is 0. The first-order valence-corrected chi connectivity index (χ1v) is 8.28. The minimum atomic E-state index is -0.346. The molecule has 1 heterocycles. The van der Waals surface area contributed by atoms with Gasteiger partial charge in [-0.15, -0.1) is 0 Å². The molecule has 110 valence electrons. The van der Waals surface area contributed by atoms with E-state index in [1.165, 1.54) is 25.1 Å². The number of carbonyl (C=O) groups excluding carboxylic acids is 1. The van der Waals surface area contributed by atoms with Gasteiger partial charge in [-0.2, -0.15) is 11.8 Å². The summed E-state index contributed by atoms with van der Waals surface area (Å²) in [5.74, 6) is -0.207. The van der Waals surface area contributed by atoms with E-state index in [0.29, 0.717) is 24.1 Å². The SMILES string of the molecule is CS[C@@H]1CCC[C@H]1N(C)C(=O)CCc1cncc(F)c1. The summed E-state index contributed by atoms with van der Waals surface area (Å²) in [6.45, 7) is 0. The van der Waals surface area contributed by atoms with E-state index in [1.807, 2.05) is 23.7 Å². The van der Waals surface area contributed by atoms with Gasteiger partial charge >= 0.3 is 0 Å². The highest BCUT2D eigenvalue weighted by molar-refractivity contribution is 7.99. The first kappa shape index (κ1) is 15.3. The summed E-state index contributed by atoms with van der Waals surface area (Å²) in [6.07, 6.45) is 9.35. The Balaban J connectivity index is 1.88. The molecule has 5 heteroatoms. The molecule has 1 aromatic heterocycles. The van der Waals surface area contributed by atoms with E-state index in [0.717, 1.165) is 12.0 Å². The Morgan fingerprint density at radius 1 is 1.50 bits per heavy atom. The van der Waals surface area contributed by atoms with Gasteiger partial charge in [-0.05, 0) is 37.1 Å². The van der Waals surface area contributed by atoms with Gasteiger partial charge in [-0.25, -0.2) is 4.39 Å². The van der Waals surface area contributed by atoms with Crippen LogP contribution in [0.25, 0.3) is 0 Å². The van der Waals surface area contributed by atoms with Crippen molar-refractivity contribution >= 4 is 17.7 Å². The summed E-state index contributed by atoms with van der Waals surface area (Å²) in [5, 5.41) is 0.555. The maximum absolute atomic E-state index is 13.0. The van der Waals surface area contributed by atoms with Crippen molar-refractivity contribution in [3.05, 3.63) is 29.8 Å². The summed E-state index contributed by atoms with van der Waals surface area (Å²) in [5.41, 5.74) is 0.777. The maximum atomic E-state index is 13.0. The van der Waals surface area contributed by atoms with Crippen LogP contribution in [-0.4, -0.2) is 40.4 Å². The Labute approximate surface area is 124 Å². The van der Waals surface area contributed by atoms with Crippen LogP contribution in [0.2, 0.25) is 0 Å². The topological polar surface area (TPSA) is 33.2 Å². The fourth-order valence-electron chi connectivity index (χ4n) is 2.83. The number of aromatic nitrogens is 1. The minimum absolute atomic E-state index is 0.139. The molecule has 0 radical (unpaired) electrons. The second-order valence-corrected chi connectivity index (χ2v) is 6.37. The first-order valence-electron chi connectivity index (χ1n) is 6.99. The molecule has 3 nitrogen and oxygen atoms in total. The van der Waals surface area contributed by atoms with Gasteiger partial charge in [0.05, 0.1) is 6.20 Å². The van der Waals surface area contributed by atoms with Crippen molar-refractivity contribution in [2.75, 3.05) is 13.3 Å². The third-order valence-corrected chi connectivity index (χ3v) is 5.16. The quantitative estimate of drug-likeness (QED) is 0.837. The first-order chi connectivity index (χ1) is 9.61. The third-order valence-electron chi connectivity index (χ3n) is 4.00. The van der Waals surface area contributed by atoms with Crippen LogP contribution < -0.4 is 0 Å². The van der Waals surface area contributed by atoms with Crippen LogP contribution in [0, 0.1) is 5.82 Å². The van der Waals surface area contributed by atoms with E-state index in [2.05, 4.69) is 11.2 Å². The van der Waals surface area contributed by atoms with E-state index in [4.69, 9.17) is 0 Å². The van der Waals surface area contributed by atoms with Crippen molar-refractivity contribution in [1.29, 1.82) is 0 Å². The van der Waals surface area contributed by atoms with Crippen molar-refractivity contribution in [2.24, 2.45) is 0 Å². The molecule has 0 N–H and O–H groups in total. The number of hydrogen-bond acceptors (Lipinski definition) is 3. The molecule has 1 aliphatic carbocycles. The average Bonchev–Trinajstić information content (AvgIpc) is 2.92. The lowest BCUT2D eigenvalue weighted by atomic mass is 10.1. The van der Waals surface area contributed by atoms with E-state index in [1.54, 1.807) is 6.20 Å². The Kier molecular flexibility index (Phi) is 5.40. The number of aryl methyl sites for hydroxylation is 1. The lowest BCUT2D eigenvalue weighted by Crippen LogP contribution is -2.40. The van der Waals surface area contributed by atoms with Crippen LogP contribution >= 0.6 is 11.8 Å². The van der Waals surface area contributed by atoms with Gasteiger partial charge < -0.3 is 4.90 Å². The van der Waals surface area contributed by atoms with E-state index in [-0.39, 0.29) is 11.7 Å². The second kappa shape index (κ2) is 7.07. The van der Waals surface area contributed by atoms with Gasteiger partial charge in [0.2, 0.25) is 5.91 Å². The number of halogens is 1. The van der Waals surface area contributed by atoms with Gasteiger partial charge in [0, 0.05) is 31.0 Å². The second-order valence-electron chi connectivity index (χ2n) is 5.29. The molecule has 0 saturated heterocycles. The predicted molar refractivity (Wildman–Crippen MR) is 80.2 cm³/mol. The van der Waals surface area contributed by atoms with Crippen molar-refractivity contribution in [1.82, 2.24) is 9.88 Å². The third kappa shape index (κ3) is 3.72. The monoisotopic (exact) mass is 296 g/mol. The predicted octanol–water partition coefficient (Wildman–Crippen LogP) is 2.90. The number of thioether (sulfide) groups is 1. The molecule has 0 spiro atoms. The van der Waals surface area contributed by atoms with Crippen LogP contribution in [0.1, 0.15) is 31.2 Å². The molecule has 1 aliphatic rings. The molecule has 1 amide bonds. The fraction of sp³-hybridized carbons (Fsp3) is 0.600. The molecular formula is C15H21FN2OS. The Morgan fingerprint density at radius 2 is 2.30 bits per heavy atom. The van der Waals surface area contributed by atoms with E-state index < -0.39 is 0 Å². The highest BCUT2D eigenvalue weighted by Gasteiger charge is 2.31. The summed E-state index contributed by atoms with van der Waals surface area (Å²) in [7, 11) is 1.89. The standard InChI is InChI=1S/C15H21FN2OS/c1-18(13-4-3-5-14(13)20-2)15(19)7-6-11-8-12(16)10-17-9-11/h8-10,13-14H,3-7H2,1-2H3/t13-,14-/m1/s1. The zero-order valence-electron chi connectivity index (χ0n) is 12.0. The Hall–Kier alpha value is -1.10. The van der Waals surface area contributed by atoms with Crippen LogP contribution in [0.3, 0.4) is 0 Å². The summed E-state index contributed by atoms with van der Waals surface area (Å²) in [4.78, 5) is 17.9. The lowest BCUT2D eigenvalue weighted by Gasteiger charge is -2.29. The van der Waals surface area contributed by atoms with Gasteiger partial charge in [0.15, 0.2) is 0 Å². The van der Waals surface area contributed by atoms with Gasteiger partial charge in [0.1, 0.15) is 5.82 Å². The van der Waals surface area contributed by atoms with Gasteiger partial charge in [0.25, 0.3) is 0 Å². The smallest absolute Gasteiger partial charge is 0.222 e. The summed E-state index contributed by atoms with van der Waals surface area (Å²) >= 11 is 1.85. The van der Waals surface area contributed by atoms with Crippen molar-refractivity contribution in [2.45, 2.75) is 43.4 Å². The molecule has 2 rings (SSSR count). The van der Waals surface area contributed by atoms with Crippen molar-refractivity contribution < 1.29 is 9.18 Å². The summed E-state index contributed by atoms with van der Waals surface area (Å²) in [6, 6.07) is 1.80. The maximum Gasteiger partial charge on any atom is 0.222 e. The van der Waals surface area contributed by atoms with Crippen LogP contribution in [0.15, 0.2) is 18.5 Å². The zero-order valence-corrected chi connectivity index (χ0v) is 12.8. The van der Waals surface area contributed by atoms with E-state index in [9.17, 15) is 9.18 Å². The molecular weight excluding hydrogens is 275 g/mol. The molecule has 0 aliphatic heterocycles. The fourth-order valence-corrected chi connectivity index (χ4v) is 3.86. The molecule has 1 saturated carbocycles. The van der Waals surface area contributed by atoms with Gasteiger partial charge in [-0.3, -0.25) is 9.78 Å². The van der Waals surface area contributed by atoms with Crippen LogP contribution in [0.4, 0.5) is 4.39 Å². The minimum Gasteiger partial charge on any atom is -0.342 e. The number of carbonyl (C=O) groups is 1. The molecule has 0 bridgehead atoms. The number of amides is 1. The Morgan fingerprint density at radius 3 is 3.00 bits per heavy atom. The lowest BCUT2D eigenvalue weighted by molar-refractivity contribution is -0.131. The highest BCUT2D eigenvalue weighted by atomic mass is 32.2. The normalized spacial score (nSPS) is 21.9. The molecule has 1 fully saturated rings. The molecule has 2 atom stereocenters. The number of pyridine rings is 1. The molecule has 0 unspecified atom stereocenters. The molecule has 0 aromatic carbocycles. The summed E-state index contributed by atoms with van der Waals surface area (Å²) < 4.78 is 13.0. The largest absolute Gasteiger partial charge is 0.342 e. The van der Waals surface area contributed by atoms with Crippen LogP contribution in [0.5, 0.6) is 0 Å². The number of nitrogens with zero attached hydrogens (tertiary/aromatic N) is 2. The molecule has 1 aromatic rings. The van der Waals surface area contributed by atoms with Crippen LogP contribution in [-0.2, 0) is 11.2 Å². The average molecular weight is 296 g/mol. The molecule has 20 heavy (non-hydrogen) atoms. The van der Waals surface area contributed by atoms with Crippen molar-refractivity contribution in [3.63, 3.8) is 0 Å². The number of rotatable bonds is 5. The highest BCUT2D eigenvalue weighted by Crippen LogP contribution is 2.31. The van der Waals surface area contributed by atoms with Crippen molar-refractivity contribution in [3.8, 4) is 0 Å². The van der Waals surface area contributed by atoms with Gasteiger partial charge in [-0.1, -0.05) is 6.42 Å². The van der Waals surface area contributed by atoms with E-state index >= 15 is 0 Å². The zero-order chi connectivity index (χ0) is 14.5.